The number of hydrogen-bond acceptors (Lipinski definition) is 2. The van der Waals surface area contributed by atoms with E-state index < -0.39 is 17.7 Å². The van der Waals surface area contributed by atoms with Crippen molar-refractivity contribution in [2.24, 2.45) is 5.73 Å². The van der Waals surface area contributed by atoms with Crippen LogP contribution in [-0.2, 0) is 0 Å². The average Bonchev–Trinajstić information content (AvgIpc) is 2.23. The van der Waals surface area contributed by atoms with Gasteiger partial charge in [0.25, 0.3) is 0 Å². The molecule has 0 heterocycles. The van der Waals surface area contributed by atoms with Gasteiger partial charge < -0.3 is 15.7 Å². The summed E-state index contributed by atoms with van der Waals surface area (Å²) in [6.45, 7) is 5.50. The first-order valence-electron chi connectivity index (χ1n) is 5.73. The first-order valence-corrected chi connectivity index (χ1v) is 5.73. The predicted molar refractivity (Wildman–Crippen MR) is 67.8 cm³/mol. The lowest BCUT2D eigenvalue weighted by molar-refractivity contribution is 0.0960. The Kier molecular flexibility index (Phi) is 4.29. The van der Waals surface area contributed by atoms with Gasteiger partial charge in [-0.25, -0.2) is 9.18 Å². The quantitative estimate of drug-likeness (QED) is 0.871. The molecule has 1 unspecified atom stereocenters. The van der Waals surface area contributed by atoms with Crippen molar-refractivity contribution in [2.45, 2.75) is 32.4 Å². The number of nitrogens with two attached hydrogens (primary N) is 1. The fourth-order valence-corrected chi connectivity index (χ4v) is 1.68. The Morgan fingerprint density at radius 2 is 2.11 bits per heavy atom. The number of carboxylic acid groups (broad SMARTS) is 1. The molecule has 18 heavy (non-hydrogen) atoms. The first-order chi connectivity index (χ1) is 8.21. The zero-order valence-electron chi connectivity index (χ0n) is 10.9. The smallest absolute Gasteiger partial charge is 0.407 e. The van der Waals surface area contributed by atoms with Crippen LogP contribution in [0.4, 0.5) is 9.18 Å². The van der Waals surface area contributed by atoms with Crippen LogP contribution in [-0.4, -0.2) is 28.2 Å². The van der Waals surface area contributed by atoms with E-state index in [2.05, 4.69) is 0 Å². The van der Waals surface area contributed by atoms with Crippen LogP contribution < -0.4 is 5.73 Å². The molecular weight excluding hydrogens is 235 g/mol. The van der Waals surface area contributed by atoms with Crippen molar-refractivity contribution in [2.75, 3.05) is 6.54 Å². The summed E-state index contributed by atoms with van der Waals surface area (Å²) in [7, 11) is 0. The van der Waals surface area contributed by atoms with Gasteiger partial charge in [0.1, 0.15) is 5.82 Å². The molecule has 1 atom stereocenters. The molecule has 1 aromatic carbocycles. The van der Waals surface area contributed by atoms with Crippen LogP contribution in [0.15, 0.2) is 24.3 Å². The number of benzene rings is 1. The highest BCUT2D eigenvalue weighted by Crippen LogP contribution is 2.19. The minimum absolute atomic E-state index is 0.127. The van der Waals surface area contributed by atoms with Gasteiger partial charge in [-0.1, -0.05) is 12.1 Å². The minimum Gasteiger partial charge on any atom is -0.465 e. The molecule has 0 saturated carbocycles. The van der Waals surface area contributed by atoms with E-state index in [9.17, 15) is 9.18 Å². The Hall–Kier alpha value is -1.62. The van der Waals surface area contributed by atoms with Gasteiger partial charge in [-0.15, -0.1) is 0 Å². The van der Waals surface area contributed by atoms with Gasteiger partial charge in [-0.05, 0) is 38.5 Å². The van der Waals surface area contributed by atoms with Crippen molar-refractivity contribution in [3.05, 3.63) is 35.6 Å². The van der Waals surface area contributed by atoms with Gasteiger partial charge in [0.15, 0.2) is 0 Å². The summed E-state index contributed by atoms with van der Waals surface area (Å²) in [6.07, 6.45) is -1.03. The fraction of sp³-hybridized carbons (Fsp3) is 0.462. The van der Waals surface area contributed by atoms with Gasteiger partial charge in [-0.2, -0.15) is 0 Å². The summed E-state index contributed by atoms with van der Waals surface area (Å²) in [5.74, 6) is -0.374. The summed E-state index contributed by atoms with van der Waals surface area (Å²) in [5.41, 5.74) is 5.97. The van der Waals surface area contributed by atoms with Crippen LogP contribution in [0.1, 0.15) is 32.4 Å². The van der Waals surface area contributed by atoms with Gasteiger partial charge >= 0.3 is 6.09 Å². The van der Waals surface area contributed by atoms with Crippen LogP contribution in [0.3, 0.4) is 0 Å². The lowest BCUT2D eigenvalue weighted by atomic mass is 10.0. The van der Waals surface area contributed by atoms with E-state index in [1.54, 1.807) is 32.9 Å². The number of carbonyl (C=O) groups is 1. The molecule has 0 aliphatic rings. The molecule has 100 valence electrons. The molecule has 3 N–H and O–H groups in total. The van der Waals surface area contributed by atoms with Crippen LogP contribution in [0.2, 0.25) is 0 Å². The third kappa shape index (κ3) is 3.70. The Labute approximate surface area is 106 Å². The molecular formula is C13H19FN2O2. The largest absolute Gasteiger partial charge is 0.465 e. The molecule has 0 saturated heterocycles. The predicted octanol–water partition coefficient (Wildman–Crippen LogP) is 2.60. The second-order valence-electron chi connectivity index (χ2n) is 5.23. The van der Waals surface area contributed by atoms with E-state index in [-0.39, 0.29) is 12.4 Å². The summed E-state index contributed by atoms with van der Waals surface area (Å²) in [6, 6.07) is 5.36. The van der Waals surface area contributed by atoms with Crippen molar-refractivity contribution < 1.29 is 14.3 Å². The Bertz CT molecular complexity index is 429. The van der Waals surface area contributed by atoms with Crippen LogP contribution in [0.25, 0.3) is 0 Å². The van der Waals surface area contributed by atoms with E-state index in [4.69, 9.17) is 10.8 Å². The highest BCUT2D eigenvalue weighted by Gasteiger charge is 2.28. The van der Waals surface area contributed by atoms with Gasteiger partial charge in [-0.3, -0.25) is 0 Å². The minimum atomic E-state index is -1.03. The monoisotopic (exact) mass is 254 g/mol. The van der Waals surface area contributed by atoms with Gasteiger partial charge in [0.05, 0.1) is 0 Å². The highest BCUT2D eigenvalue weighted by molar-refractivity contribution is 5.66. The first kappa shape index (κ1) is 14.4. The molecule has 0 aliphatic heterocycles. The number of hydrogen-bond donors (Lipinski definition) is 2. The SMILES string of the molecule is CC(C)(C)N(CC(N)c1cccc(F)c1)C(=O)O. The normalized spacial score (nSPS) is 13.2. The molecule has 0 bridgehead atoms. The Morgan fingerprint density at radius 3 is 2.56 bits per heavy atom. The van der Waals surface area contributed by atoms with Crippen molar-refractivity contribution in [1.29, 1.82) is 0 Å². The molecule has 0 radical (unpaired) electrons. The lowest BCUT2D eigenvalue weighted by Crippen LogP contribution is -2.48. The Balaban J connectivity index is 2.85. The topological polar surface area (TPSA) is 66.6 Å². The second-order valence-corrected chi connectivity index (χ2v) is 5.23. The van der Waals surface area contributed by atoms with E-state index >= 15 is 0 Å². The zero-order valence-corrected chi connectivity index (χ0v) is 10.9. The van der Waals surface area contributed by atoms with Crippen molar-refractivity contribution in [1.82, 2.24) is 4.90 Å². The van der Waals surface area contributed by atoms with E-state index in [0.29, 0.717) is 5.56 Å². The van der Waals surface area contributed by atoms with Crippen LogP contribution in [0, 0.1) is 5.82 Å². The molecule has 0 fully saturated rings. The number of rotatable bonds is 3. The second kappa shape index (κ2) is 5.35. The van der Waals surface area contributed by atoms with E-state index in [0.717, 1.165) is 0 Å². The fourth-order valence-electron chi connectivity index (χ4n) is 1.68. The number of nitrogens with zero attached hydrogens (tertiary/aromatic N) is 1. The average molecular weight is 254 g/mol. The molecule has 0 aromatic heterocycles. The molecule has 0 spiro atoms. The van der Waals surface area contributed by atoms with Gasteiger partial charge in [0.2, 0.25) is 0 Å². The molecule has 0 aliphatic carbocycles. The lowest BCUT2D eigenvalue weighted by Gasteiger charge is -2.35. The maximum atomic E-state index is 13.1. The number of halogens is 1. The molecule has 1 aromatic rings. The summed E-state index contributed by atoms with van der Waals surface area (Å²) in [5, 5.41) is 9.16. The summed E-state index contributed by atoms with van der Waals surface area (Å²) < 4.78 is 13.1. The molecule has 4 nitrogen and oxygen atoms in total. The van der Waals surface area contributed by atoms with Crippen molar-refractivity contribution in [3.8, 4) is 0 Å². The van der Waals surface area contributed by atoms with Gasteiger partial charge in [0, 0.05) is 18.1 Å². The van der Waals surface area contributed by atoms with Crippen LogP contribution >= 0.6 is 0 Å². The highest BCUT2D eigenvalue weighted by atomic mass is 19.1. The van der Waals surface area contributed by atoms with Crippen LogP contribution in [0.5, 0.6) is 0 Å². The Morgan fingerprint density at radius 1 is 1.50 bits per heavy atom. The van der Waals surface area contributed by atoms with Crippen molar-refractivity contribution >= 4 is 6.09 Å². The summed E-state index contributed by atoms with van der Waals surface area (Å²) >= 11 is 0. The zero-order chi connectivity index (χ0) is 13.9. The third-order valence-electron chi connectivity index (χ3n) is 2.70. The van der Waals surface area contributed by atoms with E-state index in [1.165, 1.54) is 17.0 Å². The maximum Gasteiger partial charge on any atom is 0.407 e. The molecule has 1 rings (SSSR count). The maximum absolute atomic E-state index is 13.1. The number of amides is 1. The third-order valence-corrected chi connectivity index (χ3v) is 2.70. The van der Waals surface area contributed by atoms with Crippen molar-refractivity contribution in [3.63, 3.8) is 0 Å². The van der Waals surface area contributed by atoms with E-state index in [1.807, 2.05) is 0 Å². The standard InChI is InChI=1S/C13H19FN2O2/c1-13(2,3)16(12(17)18)8-11(15)9-5-4-6-10(14)7-9/h4-7,11H,8,15H2,1-3H3,(H,17,18). The summed E-state index contributed by atoms with van der Waals surface area (Å²) in [4.78, 5) is 12.4. The molecule has 5 heteroatoms. The molecule has 1 amide bonds.